The molecular formula is C24H22N4OS. The summed E-state index contributed by atoms with van der Waals surface area (Å²) < 4.78 is 3.01. The zero-order valence-corrected chi connectivity index (χ0v) is 17.4. The van der Waals surface area contributed by atoms with Gasteiger partial charge in [0.2, 0.25) is 0 Å². The molecule has 0 bridgehead atoms. The average molecular weight is 415 g/mol. The molecule has 4 aromatic rings. The van der Waals surface area contributed by atoms with Gasteiger partial charge in [0.1, 0.15) is 10.7 Å². The number of hydrogen-bond acceptors (Lipinski definition) is 4. The second-order valence-electron chi connectivity index (χ2n) is 8.15. The van der Waals surface area contributed by atoms with Crippen molar-refractivity contribution in [1.82, 2.24) is 19.7 Å². The number of para-hydroxylation sites is 2. The number of rotatable bonds is 4. The van der Waals surface area contributed by atoms with E-state index in [0.717, 1.165) is 54.1 Å². The molecule has 0 unspecified atom stereocenters. The van der Waals surface area contributed by atoms with E-state index in [4.69, 9.17) is 10.1 Å². The third-order valence-electron chi connectivity index (χ3n) is 6.05. The molecule has 2 aromatic heterocycles. The number of fused-ring (bicyclic) bond motifs is 1. The highest BCUT2D eigenvalue weighted by atomic mass is 32.1. The summed E-state index contributed by atoms with van der Waals surface area (Å²) >= 11 is 1.70. The van der Waals surface area contributed by atoms with Crippen LogP contribution in [0, 0.1) is 0 Å². The number of hydrogen-bond donors (Lipinski definition) is 0. The van der Waals surface area contributed by atoms with E-state index in [2.05, 4.69) is 6.07 Å². The van der Waals surface area contributed by atoms with Crippen molar-refractivity contribution in [1.29, 1.82) is 0 Å². The predicted molar refractivity (Wildman–Crippen MR) is 118 cm³/mol. The summed E-state index contributed by atoms with van der Waals surface area (Å²) in [5, 5.41) is 5.86. The fourth-order valence-electron chi connectivity index (χ4n) is 4.34. The van der Waals surface area contributed by atoms with Crippen LogP contribution in [-0.4, -0.2) is 32.1 Å². The summed E-state index contributed by atoms with van der Waals surface area (Å²) in [4.78, 5) is 20.6. The van der Waals surface area contributed by atoms with Gasteiger partial charge in [-0.15, -0.1) is 11.3 Å². The highest BCUT2D eigenvalue weighted by molar-refractivity contribution is 7.18. The van der Waals surface area contributed by atoms with Crippen LogP contribution < -0.4 is 0 Å². The molecule has 3 heterocycles. The van der Waals surface area contributed by atoms with Gasteiger partial charge < -0.3 is 4.90 Å². The van der Waals surface area contributed by atoms with Gasteiger partial charge in [-0.2, -0.15) is 5.10 Å². The van der Waals surface area contributed by atoms with Gasteiger partial charge in [-0.3, -0.25) is 4.79 Å². The van der Waals surface area contributed by atoms with Gasteiger partial charge in [-0.1, -0.05) is 30.3 Å². The molecule has 0 spiro atoms. The Kier molecular flexibility index (Phi) is 4.20. The molecule has 150 valence electrons. The van der Waals surface area contributed by atoms with Crippen LogP contribution in [0.5, 0.6) is 0 Å². The number of likely N-dealkylation sites (tertiary alicyclic amines) is 1. The normalized spacial score (nSPS) is 18.9. The largest absolute Gasteiger partial charge is 0.328 e. The van der Waals surface area contributed by atoms with Crippen LogP contribution in [0.2, 0.25) is 0 Å². The fourth-order valence-corrected chi connectivity index (χ4v) is 5.46. The summed E-state index contributed by atoms with van der Waals surface area (Å²) in [6.45, 7) is 0.762. The predicted octanol–water partition coefficient (Wildman–Crippen LogP) is 5.34. The van der Waals surface area contributed by atoms with Crippen LogP contribution in [-0.2, 0) is 0 Å². The van der Waals surface area contributed by atoms with E-state index in [1.54, 1.807) is 11.3 Å². The molecule has 2 fully saturated rings. The van der Waals surface area contributed by atoms with Crippen molar-refractivity contribution in [2.24, 2.45) is 0 Å². The number of benzene rings is 2. The van der Waals surface area contributed by atoms with Gasteiger partial charge in [0.05, 0.1) is 27.6 Å². The summed E-state index contributed by atoms with van der Waals surface area (Å²) in [5.41, 5.74) is 3.65. The molecule has 6 heteroatoms. The Labute approximate surface area is 179 Å². The molecule has 30 heavy (non-hydrogen) atoms. The fraction of sp³-hybridized carbons (Fsp3) is 0.292. The Morgan fingerprint density at radius 1 is 1.00 bits per heavy atom. The van der Waals surface area contributed by atoms with E-state index in [1.807, 2.05) is 64.2 Å². The average Bonchev–Trinajstić information content (AvgIpc) is 3.20. The lowest BCUT2D eigenvalue weighted by molar-refractivity contribution is 0.0726. The standard InChI is InChI=1S/C24H22N4OS/c29-24(21-15-19(16-12-13-16)26-28(21)17-7-2-1-3-8-17)27-14-6-10-20(27)23-25-18-9-4-5-11-22(18)30-23/h1-5,7-9,11,15-16,20H,6,10,12-14H2/t20-/m0/s1. The highest BCUT2D eigenvalue weighted by Crippen LogP contribution is 2.41. The minimum Gasteiger partial charge on any atom is -0.328 e. The number of nitrogens with zero attached hydrogens (tertiary/aromatic N) is 4. The van der Waals surface area contributed by atoms with Gasteiger partial charge in [0.15, 0.2) is 0 Å². The van der Waals surface area contributed by atoms with Crippen molar-refractivity contribution in [2.45, 2.75) is 37.6 Å². The monoisotopic (exact) mass is 414 g/mol. The van der Waals surface area contributed by atoms with Gasteiger partial charge in [0, 0.05) is 12.5 Å². The molecule has 0 radical (unpaired) electrons. The lowest BCUT2D eigenvalue weighted by atomic mass is 10.2. The van der Waals surface area contributed by atoms with Crippen molar-refractivity contribution in [3.05, 3.63) is 77.1 Å². The maximum atomic E-state index is 13.7. The molecule has 5 nitrogen and oxygen atoms in total. The molecule has 2 aromatic carbocycles. The lowest BCUT2D eigenvalue weighted by Gasteiger charge is -2.23. The Morgan fingerprint density at radius 3 is 2.60 bits per heavy atom. The molecule has 1 aliphatic carbocycles. The Bertz CT molecular complexity index is 1190. The van der Waals surface area contributed by atoms with E-state index < -0.39 is 0 Å². The van der Waals surface area contributed by atoms with Gasteiger partial charge in [-0.05, 0) is 56.0 Å². The topological polar surface area (TPSA) is 51.0 Å². The van der Waals surface area contributed by atoms with Crippen LogP contribution in [0.1, 0.15) is 58.8 Å². The van der Waals surface area contributed by atoms with Crippen LogP contribution >= 0.6 is 11.3 Å². The van der Waals surface area contributed by atoms with Crippen LogP contribution in [0.3, 0.4) is 0 Å². The Hall–Kier alpha value is -2.99. The highest BCUT2D eigenvalue weighted by Gasteiger charge is 2.36. The maximum Gasteiger partial charge on any atom is 0.273 e. The van der Waals surface area contributed by atoms with Crippen molar-refractivity contribution < 1.29 is 4.79 Å². The van der Waals surface area contributed by atoms with Crippen molar-refractivity contribution in [3.63, 3.8) is 0 Å². The minimum atomic E-state index is 0.0402. The number of aromatic nitrogens is 3. The Balaban J connectivity index is 1.38. The molecule has 1 saturated heterocycles. The van der Waals surface area contributed by atoms with Crippen molar-refractivity contribution >= 4 is 27.5 Å². The number of carbonyl (C=O) groups is 1. The summed E-state index contributed by atoms with van der Waals surface area (Å²) in [6, 6.07) is 20.2. The van der Waals surface area contributed by atoms with Crippen LogP contribution in [0.15, 0.2) is 60.7 Å². The first-order chi connectivity index (χ1) is 14.8. The second kappa shape index (κ2) is 7.06. The zero-order chi connectivity index (χ0) is 20.1. The first kappa shape index (κ1) is 17.8. The second-order valence-corrected chi connectivity index (χ2v) is 9.21. The summed E-state index contributed by atoms with van der Waals surface area (Å²) in [5.74, 6) is 0.556. The van der Waals surface area contributed by atoms with Gasteiger partial charge in [-0.25, -0.2) is 9.67 Å². The zero-order valence-electron chi connectivity index (χ0n) is 16.6. The van der Waals surface area contributed by atoms with Crippen LogP contribution in [0.4, 0.5) is 0 Å². The van der Waals surface area contributed by atoms with Gasteiger partial charge in [0.25, 0.3) is 5.91 Å². The van der Waals surface area contributed by atoms with Crippen molar-refractivity contribution in [2.75, 3.05) is 6.54 Å². The molecule has 2 aliphatic rings. The van der Waals surface area contributed by atoms with Gasteiger partial charge >= 0.3 is 0 Å². The number of thiazole rings is 1. The van der Waals surface area contributed by atoms with E-state index in [9.17, 15) is 4.79 Å². The first-order valence-corrected chi connectivity index (χ1v) is 11.4. The molecule has 1 atom stereocenters. The molecule has 1 aliphatic heterocycles. The third-order valence-corrected chi connectivity index (χ3v) is 7.19. The van der Waals surface area contributed by atoms with Crippen LogP contribution in [0.25, 0.3) is 15.9 Å². The third kappa shape index (κ3) is 3.03. The quantitative estimate of drug-likeness (QED) is 0.453. The molecule has 0 N–H and O–H groups in total. The number of amides is 1. The van der Waals surface area contributed by atoms with E-state index >= 15 is 0 Å². The van der Waals surface area contributed by atoms with E-state index in [-0.39, 0.29) is 11.9 Å². The minimum absolute atomic E-state index is 0.0402. The summed E-state index contributed by atoms with van der Waals surface area (Å²) in [6.07, 6.45) is 4.29. The smallest absolute Gasteiger partial charge is 0.273 e. The molecule has 6 rings (SSSR count). The SMILES string of the molecule is O=C(c1cc(C2CC2)nn1-c1ccccc1)N1CCC[C@H]1c1nc2ccccc2s1. The van der Waals surface area contributed by atoms with Crippen molar-refractivity contribution in [3.8, 4) is 5.69 Å². The van der Waals surface area contributed by atoms with E-state index in [1.165, 1.54) is 4.70 Å². The molecule has 1 amide bonds. The number of carbonyl (C=O) groups excluding carboxylic acids is 1. The summed E-state index contributed by atoms with van der Waals surface area (Å²) in [7, 11) is 0. The first-order valence-electron chi connectivity index (χ1n) is 10.6. The lowest BCUT2D eigenvalue weighted by Crippen LogP contribution is -2.32. The van der Waals surface area contributed by atoms with E-state index in [0.29, 0.717) is 11.6 Å². The molecular weight excluding hydrogens is 392 g/mol. The molecule has 1 saturated carbocycles. The maximum absolute atomic E-state index is 13.7. The Morgan fingerprint density at radius 2 is 1.80 bits per heavy atom.